The lowest BCUT2D eigenvalue weighted by Gasteiger charge is -2.32. The van der Waals surface area contributed by atoms with Crippen molar-refractivity contribution in [1.29, 1.82) is 0 Å². The molecular formula is C11H17F3N2O3S. The summed E-state index contributed by atoms with van der Waals surface area (Å²) in [6.45, 7) is -1.32. The number of alkyl halides is 3. The van der Waals surface area contributed by atoms with E-state index in [1.54, 1.807) is 0 Å². The van der Waals surface area contributed by atoms with E-state index in [0.717, 1.165) is 19.9 Å². The Labute approximate surface area is 115 Å². The highest BCUT2D eigenvalue weighted by atomic mass is 32.2. The van der Waals surface area contributed by atoms with Gasteiger partial charge in [0.2, 0.25) is 0 Å². The number of amides is 2. The second kappa shape index (κ2) is 5.09. The van der Waals surface area contributed by atoms with E-state index < -0.39 is 34.6 Å². The third-order valence-electron chi connectivity index (χ3n) is 3.51. The fourth-order valence-corrected chi connectivity index (χ4v) is 4.20. The van der Waals surface area contributed by atoms with Gasteiger partial charge in [-0.05, 0) is 19.3 Å². The Kier molecular flexibility index (Phi) is 3.92. The van der Waals surface area contributed by atoms with Crippen LogP contribution >= 0.6 is 0 Å². The number of urea groups is 1. The molecule has 20 heavy (non-hydrogen) atoms. The van der Waals surface area contributed by atoms with Gasteiger partial charge in [0, 0.05) is 19.1 Å². The number of halogens is 3. The summed E-state index contributed by atoms with van der Waals surface area (Å²) in [5, 5.41) is 0. The summed E-state index contributed by atoms with van der Waals surface area (Å²) >= 11 is 0. The van der Waals surface area contributed by atoms with E-state index in [0.29, 0.717) is 11.3 Å². The summed E-state index contributed by atoms with van der Waals surface area (Å²) < 4.78 is 60.0. The Balaban J connectivity index is 2.07. The molecule has 0 radical (unpaired) electrons. The Bertz CT molecular complexity index is 488. The van der Waals surface area contributed by atoms with Gasteiger partial charge in [0.15, 0.2) is 9.84 Å². The summed E-state index contributed by atoms with van der Waals surface area (Å²) in [6, 6.07) is -1.33. The molecule has 2 aliphatic rings. The van der Waals surface area contributed by atoms with E-state index in [9.17, 15) is 26.4 Å². The minimum absolute atomic E-state index is 0.00283. The summed E-state index contributed by atoms with van der Waals surface area (Å²) in [5.74, 6) is -0.147. The van der Waals surface area contributed by atoms with Crippen molar-refractivity contribution in [2.75, 3.05) is 25.1 Å². The number of hydrogen-bond acceptors (Lipinski definition) is 3. The summed E-state index contributed by atoms with van der Waals surface area (Å²) in [7, 11) is -2.08. The molecule has 116 valence electrons. The number of rotatable bonds is 3. The lowest BCUT2D eigenvalue weighted by Crippen LogP contribution is -2.50. The summed E-state index contributed by atoms with van der Waals surface area (Å²) in [4.78, 5) is 14.1. The predicted molar refractivity (Wildman–Crippen MR) is 66.0 cm³/mol. The van der Waals surface area contributed by atoms with Crippen molar-refractivity contribution in [2.45, 2.75) is 37.5 Å². The van der Waals surface area contributed by atoms with Gasteiger partial charge in [0.1, 0.15) is 6.54 Å². The van der Waals surface area contributed by atoms with Gasteiger partial charge in [0.25, 0.3) is 0 Å². The maximum absolute atomic E-state index is 12.3. The summed E-state index contributed by atoms with van der Waals surface area (Å²) in [6.07, 6.45) is -2.70. The molecule has 0 bridgehead atoms. The highest BCUT2D eigenvalue weighted by Crippen LogP contribution is 2.33. The largest absolute Gasteiger partial charge is 0.406 e. The molecule has 2 fully saturated rings. The number of sulfone groups is 1. The third kappa shape index (κ3) is 3.77. The van der Waals surface area contributed by atoms with Crippen molar-refractivity contribution in [3.8, 4) is 0 Å². The molecule has 1 aliphatic heterocycles. The minimum atomic E-state index is -4.46. The first-order chi connectivity index (χ1) is 9.09. The number of carbonyl (C=O) groups is 1. The number of hydrogen-bond donors (Lipinski definition) is 0. The molecule has 1 atom stereocenters. The van der Waals surface area contributed by atoms with E-state index in [4.69, 9.17) is 0 Å². The predicted octanol–water partition coefficient (Wildman–Crippen LogP) is 1.25. The molecular weight excluding hydrogens is 297 g/mol. The molecule has 1 saturated heterocycles. The summed E-state index contributed by atoms with van der Waals surface area (Å²) in [5.41, 5.74) is 0. The highest BCUT2D eigenvalue weighted by molar-refractivity contribution is 7.91. The van der Waals surface area contributed by atoms with Crippen LogP contribution in [0.1, 0.15) is 19.3 Å². The standard InChI is InChI=1S/C11H17F3N2O3S/c1-15(7-11(12,13)14)10(17)16(8-2-3-8)9-4-5-20(18,19)6-9/h8-9H,2-7H2,1H3. The Morgan fingerprint density at radius 1 is 1.20 bits per heavy atom. The zero-order valence-electron chi connectivity index (χ0n) is 11.1. The van der Waals surface area contributed by atoms with Gasteiger partial charge in [-0.3, -0.25) is 0 Å². The quantitative estimate of drug-likeness (QED) is 0.788. The first-order valence-electron chi connectivity index (χ1n) is 6.40. The van der Waals surface area contributed by atoms with E-state index in [-0.39, 0.29) is 17.5 Å². The van der Waals surface area contributed by atoms with Crippen LogP contribution in [0.3, 0.4) is 0 Å². The average molecular weight is 314 g/mol. The molecule has 0 spiro atoms. The van der Waals surface area contributed by atoms with Crippen LogP contribution in [-0.2, 0) is 9.84 Å². The van der Waals surface area contributed by atoms with Crippen LogP contribution in [-0.4, -0.2) is 67.6 Å². The van der Waals surface area contributed by atoms with Crippen LogP contribution in [0.5, 0.6) is 0 Å². The Morgan fingerprint density at radius 2 is 1.80 bits per heavy atom. The molecule has 9 heteroatoms. The van der Waals surface area contributed by atoms with Crippen molar-refractivity contribution in [3.63, 3.8) is 0 Å². The maximum Gasteiger partial charge on any atom is 0.406 e. The molecule has 0 aromatic carbocycles. The maximum atomic E-state index is 12.3. The van der Waals surface area contributed by atoms with E-state index >= 15 is 0 Å². The van der Waals surface area contributed by atoms with Gasteiger partial charge >= 0.3 is 12.2 Å². The van der Waals surface area contributed by atoms with Crippen molar-refractivity contribution < 1.29 is 26.4 Å². The topological polar surface area (TPSA) is 57.7 Å². The molecule has 0 N–H and O–H groups in total. The van der Waals surface area contributed by atoms with E-state index in [2.05, 4.69) is 0 Å². The lowest BCUT2D eigenvalue weighted by molar-refractivity contribution is -0.138. The normalized spacial score (nSPS) is 25.5. The van der Waals surface area contributed by atoms with Crippen molar-refractivity contribution in [1.82, 2.24) is 9.80 Å². The first kappa shape index (κ1) is 15.4. The van der Waals surface area contributed by atoms with Crippen LogP contribution in [0.25, 0.3) is 0 Å². The second-order valence-electron chi connectivity index (χ2n) is 5.45. The second-order valence-corrected chi connectivity index (χ2v) is 7.68. The van der Waals surface area contributed by atoms with Crippen molar-refractivity contribution in [3.05, 3.63) is 0 Å². The lowest BCUT2D eigenvalue weighted by atomic mass is 10.2. The fraction of sp³-hybridized carbons (Fsp3) is 0.909. The van der Waals surface area contributed by atoms with Crippen LogP contribution in [0.2, 0.25) is 0 Å². The number of nitrogens with zero attached hydrogens (tertiary/aromatic N) is 2. The molecule has 2 rings (SSSR count). The Hall–Kier alpha value is -0.990. The molecule has 1 heterocycles. The molecule has 1 saturated carbocycles. The van der Waals surface area contributed by atoms with Crippen LogP contribution in [0.4, 0.5) is 18.0 Å². The Morgan fingerprint density at radius 3 is 2.20 bits per heavy atom. The van der Waals surface area contributed by atoms with Crippen molar-refractivity contribution in [2.24, 2.45) is 0 Å². The molecule has 0 aromatic rings. The monoisotopic (exact) mass is 314 g/mol. The average Bonchev–Trinajstić information content (AvgIpc) is 3.02. The molecule has 1 aliphatic carbocycles. The molecule has 0 aromatic heterocycles. The van der Waals surface area contributed by atoms with Crippen LogP contribution in [0, 0.1) is 0 Å². The molecule has 2 amide bonds. The van der Waals surface area contributed by atoms with Gasteiger partial charge < -0.3 is 9.80 Å². The van der Waals surface area contributed by atoms with Gasteiger partial charge in [-0.15, -0.1) is 0 Å². The zero-order valence-corrected chi connectivity index (χ0v) is 11.9. The van der Waals surface area contributed by atoms with Gasteiger partial charge in [-0.25, -0.2) is 13.2 Å². The van der Waals surface area contributed by atoms with E-state index in [1.165, 1.54) is 4.90 Å². The molecule has 1 unspecified atom stereocenters. The number of carbonyl (C=O) groups excluding carboxylic acids is 1. The smallest absolute Gasteiger partial charge is 0.319 e. The third-order valence-corrected chi connectivity index (χ3v) is 5.26. The van der Waals surface area contributed by atoms with E-state index in [1.807, 2.05) is 0 Å². The van der Waals surface area contributed by atoms with Crippen molar-refractivity contribution >= 4 is 15.9 Å². The zero-order chi connectivity index (χ0) is 15.1. The van der Waals surface area contributed by atoms with Gasteiger partial charge in [0.05, 0.1) is 11.5 Å². The molecule has 5 nitrogen and oxygen atoms in total. The first-order valence-corrected chi connectivity index (χ1v) is 8.22. The SMILES string of the molecule is CN(CC(F)(F)F)C(=O)N(C1CC1)C1CCS(=O)(=O)C1. The van der Waals surface area contributed by atoms with Crippen LogP contribution < -0.4 is 0 Å². The minimum Gasteiger partial charge on any atom is -0.319 e. The van der Waals surface area contributed by atoms with Crippen LogP contribution in [0.15, 0.2) is 0 Å². The highest BCUT2D eigenvalue weighted by Gasteiger charge is 2.44. The fourth-order valence-electron chi connectivity index (χ4n) is 2.49. The van der Waals surface area contributed by atoms with Gasteiger partial charge in [-0.1, -0.05) is 0 Å². The van der Waals surface area contributed by atoms with Gasteiger partial charge in [-0.2, -0.15) is 13.2 Å².